The Balaban J connectivity index is 1.45. The van der Waals surface area contributed by atoms with Crippen LogP contribution in [0.5, 0.6) is 0 Å². The first kappa shape index (κ1) is 15.6. The first-order chi connectivity index (χ1) is 12.4. The fourth-order valence-corrected chi connectivity index (χ4v) is 9.58. The summed E-state index contributed by atoms with van der Waals surface area (Å²) >= 11 is 0. The van der Waals surface area contributed by atoms with E-state index in [0.717, 1.165) is 0 Å². The Morgan fingerprint density at radius 3 is 2.23 bits per heavy atom. The highest BCUT2D eigenvalue weighted by molar-refractivity contribution is 5.64. The van der Waals surface area contributed by atoms with Gasteiger partial charge in [-0.05, 0) is 29.6 Å². The molecule has 6 aliphatic carbocycles. The molecule has 4 atom stereocenters. The summed E-state index contributed by atoms with van der Waals surface area (Å²) < 4.78 is 1.58. The second kappa shape index (κ2) is 3.88. The molecule has 7 nitrogen and oxygen atoms in total. The lowest BCUT2D eigenvalue weighted by atomic mass is 8.84. The number of aliphatic hydroxyl groups is 3. The molecule has 0 radical (unpaired) electrons. The number of H-pyrrole nitrogens is 1. The van der Waals surface area contributed by atoms with E-state index in [-0.39, 0.29) is 58.9 Å². The largest absolute Gasteiger partial charge is 0.396 e. The van der Waals surface area contributed by atoms with E-state index in [2.05, 4.69) is 4.98 Å². The van der Waals surface area contributed by atoms with E-state index in [1.54, 1.807) is 10.8 Å². The normalized spacial score (nSPS) is 53.2. The summed E-state index contributed by atoms with van der Waals surface area (Å²) in [5.41, 5.74) is -1.05. The van der Waals surface area contributed by atoms with Crippen molar-refractivity contribution in [1.29, 1.82) is 0 Å². The summed E-state index contributed by atoms with van der Waals surface area (Å²) in [4.78, 5) is 26.9. The number of hydrogen-bond acceptors (Lipinski definition) is 5. The lowest BCUT2D eigenvalue weighted by Gasteiger charge is -3.19. The molecular weight excluding hydrogens is 336 g/mol. The van der Waals surface area contributed by atoms with E-state index >= 15 is 0 Å². The number of aromatic nitrogens is 2. The summed E-state index contributed by atoms with van der Waals surface area (Å²) in [6.45, 7) is 4.49. The van der Waals surface area contributed by atoms with Crippen LogP contribution >= 0.6 is 0 Å². The molecule has 1 aromatic rings. The molecule has 0 saturated heterocycles. The Morgan fingerprint density at radius 1 is 1.12 bits per heavy atom. The quantitative estimate of drug-likeness (QED) is 0.526. The van der Waals surface area contributed by atoms with Crippen molar-refractivity contribution in [1.82, 2.24) is 9.55 Å². The third-order valence-electron chi connectivity index (χ3n) is 9.66. The second-order valence-corrected chi connectivity index (χ2v) is 9.68. The number of aliphatic hydroxyl groups excluding tert-OH is 3. The van der Waals surface area contributed by atoms with Crippen molar-refractivity contribution in [2.45, 2.75) is 26.3 Å². The lowest BCUT2D eigenvalue weighted by molar-refractivity contribution is -0.748. The van der Waals surface area contributed by atoms with Gasteiger partial charge < -0.3 is 15.3 Å². The molecule has 6 fully saturated rings. The van der Waals surface area contributed by atoms with Gasteiger partial charge in [0.05, 0.1) is 0 Å². The lowest BCUT2D eigenvalue weighted by Crippen LogP contribution is -3.20. The maximum atomic E-state index is 12.4. The smallest absolute Gasteiger partial charge is 0.328 e. The Kier molecular flexibility index (Phi) is 2.33. The van der Waals surface area contributed by atoms with Crippen LogP contribution in [0.15, 0.2) is 15.8 Å². The van der Waals surface area contributed by atoms with Gasteiger partial charge in [-0.2, -0.15) is 0 Å². The Bertz CT molecular complexity index is 951. The minimum atomic E-state index is -0.425. The van der Waals surface area contributed by atoms with Crippen LogP contribution in [0.2, 0.25) is 0 Å². The molecule has 4 N–H and O–H groups in total. The zero-order valence-corrected chi connectivity index (χ0v) is 14.9. The molecule has 6 aliphatic rings. The minimum absolute atomic E-state index is 0.00547. The summed E-state index contributed by atoms with van der Waals surface area (Å²) in [5, 5.41) is 30.4. The molecule has 0 amide bonds. The first-order valence-corrected chi connectivity index (χ1v) is 9.53. The van der Waals surface area contributed by atoms with Gasteiger partial charge in [0.1, 0.15) is 0 Å². The fraction of sp³-hybridized carbons (Fsp3) is 0.789. The molecule has 7 rings (SSSR count). The summed E-state index contributed by atoms with van der Waals surface area (Å²) in [7, 11) is 0. The molecule has 7 heteroatoms. The maximum Gasteiger partial charge on any atom is 0.328 e. The van der Waals surface area contributed by atoms with E-state index in [4.69, 9.17) is 0 Å². The number of aromatic amines is 1. The van der Waals surface area contributed by atoms with E-state index in [1.165, 1.54) is 0 Å². The molecular formula is C19H24N2O5. The standard InChI is InChI=1S/C19H24N2O5/c1-8(2)9-3-21(15(26)20-13(9)25)4-19-10-11-16(5-22)12(10)18(19,7-24)14(16)17(11,19)6-23/h3,8,10-12,14,22-24H,4-7H2,1-2H3,(H,20,25,26). The molecule has 26 heavy (non-hydrogen) atoms. The van der Waals surface area contributed by atoms with Crippen LogP contribution in [-0.4, -0.2) is 44.7 Å². The number of rotatable bonds is 6. The van der Waals surface area contributed by atoms with Gasteiger partial charge in [0.25, 0.3) is 5.56 Å². The van der Waals surface area contributed by atoms with Gasteiger partial charge in [0.2, 0.25) is 0 Å². The van der Waals surface area contributed by atoms with Gasteiger partial charge in [-0.15, -0.1) is 0 Å². The van der Waals surface area contributed by atoms with Gasteiger partial charge in [-0.3, -0.25) is 14.3 Å². The molecule has 0 aromatic carbocycles. The van der Waals surface area contributed by atoms with Crippen molar-refractivity contribution in [3.8, 4) is 0 Å². The van der Waals surface area contributed by atoms with Crippen molar-refractivity contribution in [3.63, 3.8) is 0 Å². The predicted molar refractivity (Wildman–Crippen MR) is 90.4 cm³/mol. The van der Waals surface area contributed by atoms with Gasteiger partial charge in [-0.1, -0.05) is 13.8 Å². The summed E-state index contributed by atoms with van der Waals surface area (Å²) in [6.07, 6.45) is 1.66. The monoisotopic (exact) mass is 360 g/mol. The average Bonchev–Trinajstić information content (AvgIpc) is 2.62. The number of hydrogen-bond donors (Lipinski definition) is 4. The van der Waals surface area contributed by atoms with Crippen LogP contribution in [-0.2, 0) is 6.54 Å². The summed E-state index contributed by atoms with van der Waals surface area (Å²) in [6, 6.07) is 0. The fourth-order valence-electron chi connectivity index (χ4n) is 9.58. The Morgan fingerprint density at radius 2 is 1.73 bits per heavy atom. The van der Waals surface area contributed by atoms with Crippen LogP contribution in [0.3, 0.4) is 0 Å². The third kappa shape index (κ3) is 0.924. The van der Waals surface area contributed by atoms with Gasteiger partial charge >= 0.3 is 5.69 Å². The predicted octanol–water partition coefficient (Wildman–Crippen LogP) is -0.885. The highest BCUT2D eigenvalue weighted by Gasteiger charge is 3.19. The van der Waals surface area contributed by atoms with E-state index in [1.807, 2.05) is 13.8 Å². The van der Waals surface area contributed by atoms with Crippen LogP contribution in [0.4, 0.5) is 0 Å². The first-order valence-electron chi connectivity index (χ1n) is 9.53. The van der Waals surface area contributed by atoms with E-state index < -0.39 is 5.69 Å². The third-order valence-corrected chi connectivity index (χ3v) is 9.66. The molecule has 0 bridgehead atoms. The maximum absolute atomic E-state index is 12.4. The number of nitrogens with one attached hydrogen (secondary N) is 1. The van der Waals surface area contributed by atoms with E-state index in [9.17, 15) is 24.9 Å². The van der Waals surface area contributed by atoms with Crippen molar-refractivity contribution >= 4 is 0 Å². The second-order valence-electron chi connectivity index (χ2n) is 9.68. The van der Waals surface area contributed by atoms with Gasteiger partial charge in [-0.25, -0.2) is 4.79 Å². The van der Waals surface area contributed by atoms with Crippen LogP contribution in [0.1, 0.15) is 25.3 Å². The summed E-state index contributed by atoms with van der Waals surface area (Å²) in [5.74, 6) is 1.21. The van der Waals surface area contributed by atoms with Crippen LogP contribution in [0, 0.1) is 45.3 Å². The molecule has 140 valence electrons. The van der Waals surface area contributed by atoms with Gasteiger partial charge in [0.15, 0.2) is 0 Å². The molecule has 1 aromatic heterocycles. The Hall–Kier alpha value is -1.44. The molecule has 1 heterocycles. The molecule has 6 saturated carbocycles. The number of nitrogens with zero attached hydrogens (tertiary/aromatic N) is 1. The van der Waals surface area contributed by atoms with Crippen LogP contribution in [0.25, 0.3) is 0 Å². The minimum Gasteiger partial charge on any atom is -0.396 e. The average molecular weight is 360 g/mol. The molecule has 0 spiro atoms. The van der Waals surface area contributed by atoms with Crippen molar-refractivity contribution in [2.75, 3.05) is 19.8 Å². The van der Waals surface area contributed by atoms with Gasteiger partial charge in [0, 0.05) is 59.8 Å². The molecule has 4 unspecified atom stereocenters. The topological polar surface area (TPSA) is 116 Å². The highest BCUT2D eigenvalue weighted by atomic mass is 16.3. The molecule has 0 aliphatic heterocycles. The van der Waals surface area contributed by atoms with Crippen molar-refractivity contribution in [3.05, 3.63) is 32.6 Å². The van der Waals surface area contributed by atoms with Crippen molar-refractivity contribution in [2.24, 2.45) is 45.3 Å². The highest BCUT2D eigenvalue weighted by Crippen LogP contribution is 3.18. The van der Waals surface area contributed by atoms with Crippen LogP contribution < -0.4 is 11.2 Å². The Labute approximate surface area is 149 Å². The zero-order chi connectivity index (χ0) is 18.4. The van der Waals surface area contributed by atoms with E-state index in [0.29, 0.717) is 29.9 Å². The zero-order valence-electron chi connectivity index (χ0n) is 14.9. The SMILES string of the molecule is CC(C)c1cn(CC23C4C5C6(CO)C4C2(CO)C6C53CO)c(=O)[nH]c1=O. The van der Waals surface area contributed by atoms with Crippen molar-refractivity contribution < 1.29 is 15.3 Å².